The lowest BCUT2D eigenvalue weighted by atomic mass is 9.95. The Kier molecular flexibility index (Phi) is 7.96. The Morgan fingerprint density at radius 1 is 0.930 bits per heavy atom. The van der Waals surface area contributed by atoms with Crippen LogP contribution in [0.25, 0.3) is 34.3 Å². The highest BCUT2D eigenvalue weighted by Gasteiger charge is 2.33. The number of fused-ring (bicyclic) bond motifs is 1. The molecule has 4 aromatic carbocycles. The van der Waals surface area contributed by atoms with Crippen LogP contribution in [-0.2, 0) is 9.59 Å². The zero-order valence-electron chi connectivity index (χ0n) is 23.1. The van der Waals surface area contributed by atoms with Crippen molar-refractivity contribution in [1.29, 1.82) is 0 Å². The largest absolute Gasteiger partial charge is 0.497 e. The molecule has 1 fully saturated rings. The van der Waals surface area contributed by atoms with Crippen molar-refractivity contribution in [1.82, 2.24) is 9.47 Å². The second-order valence-electron chi connectivity index (χ2n) is 9.88. The first-order chi connectivity index (χ1) is 20.9. The van der Waals surface area contributed by atoms with Gasteiger partial charge in [-0.15, -0.1) is 0 Å². The predicted molar refractivity (Wildman–Crippen MR) is 177 cm³/mol. The smallest absolute Gasteiger partial charge is 0.323 e. The van der Waals surface area contributed by atoms with Crippen molar-refractivity contribution in [2.75, 3.05) is 13.7 Å². The first-order valence-corrected chi connectivity index (χ1v) is 14.7. The Hall–Kier alpha value is -4.92. The number of aromatic nitrogens is 1. The number of thiocarbonyl (C=S) groups is 1. The summed E-state index contributed by atoms with van der Waals surface area (Å²) >= 11 is 6.40. The van der Waals surface area contributed by atoms with Crippen LogP contribution in [-0.4, -0.2) is 44.4 Å². The Morgan fingerprint density at radius 3 is 2.19 bits per heavy atom. The van der Waals surface area contributed by atoms with Crippen LogP contribution in [0.1, 0.15) is 22.3 Å². The van der Waals surface area contributed by atoms with Crippen LogP contribution in [0.5, 0.6) is 5.75 Å². The molecular formula is C35H26N2O4S2. The van der Waals surface area contributed by atoms with Gasteiger partial charge in [-0.2, -0.15) is 0 Å². The number of ether oxygens (including phenoxy) is 1. The quantitative estimate of drug-likeness (QED) is 0.146. The number of amides is 1. The maximum absolute atomic E-state index is 12.9. The minimum atomic E-state index is -1.11. The molecule has 1 aliphatic heterocycles. The summed E-state index contributed by atoms with van der Waals surface area (Å²) in [6, 6.07) is 34.5. The summed E-state index contributed by atoms with van der Waals surface area (Å²) in [7, 11) is 1.65. The van der Waals surface area contributed by atoms with E-state index in [4.69, 9.17) is 17.0 Å². The number of carbonyl (C=O) groups excluding carboxylic acids is 1. The van der Waals surface area contributed by atoms with E-state index < -0.39 is 18.4 Å². The lowest BCUT2D eigenvalue weighted by Crippen LogP contribution is -2.33. The average Bonchev–Trinajstić information content (AvgIpc) is 3.52. The molecule has 0 saturated carbocycles. The van der Waals surface area contributed by atoms with Gasteiger partial charge >= 0.3 is 5.97 Å². The highest BCUT2D eigenvalue weighted by molar-refractivity contribution is 8.26. The molecule has 43 heavy (non-hydrogen) atoms. The summed E-state index contributed by atoms with van der Waals surface area (Å²) in [4.78, 5) is 25.7. The van der Waals surface area contributed by atoms with E-state index in [1.807, 2.05) is 72.8 Å². The van der Waals surface area contributed by atoms with E-state index in [0.717, 1.165) is 66.8 Å². The molecule has 6 rings (SSSR count). The van der Waals surface area contributed by atoms with Gasteiger partial charge in [0.1, 0.15) is 16.6 Å². The normalized spacial score (nSPS) is 14.0. The van der Waals surface area contributed by atoms with E-state index >= 15 is 0 Å². The van der Waals surface area contributed by atoms with Crippen LogP contribution in [0.3, 0.4) is 0 Å². The molecule has 0 bridgehead atoms. The van der Waals surface area contributed by atoms with E-state index in [0.29, 0.717) is 4.91 Å². The highest BCUT2D eigenvalue weighted by atomic mass is 32.2. The molecule has 6 nitrogen and oxygen atoms in total. The van der Waals surface area contributed by atoms with Gasteiger partial charge in [-0.3, -0.25) is 14.5 Å². The van der Waals surface area contributed by atoms with E-state index in [1.54, 1.807) is 13.2 Å². The maximum Gasteiger partial charge on any atom is 0.323 e. The van der Waals surface area contributed by atoms with Crippen molar-refractivity contribution in [3.8, 4) is 11.4 Å². The fraction of sp³-hybridized carbons (Fsp3) is 0.0571. The summed E-state index contributed by atoms with van der Waals surface area (Å²) in [6.07, 6.45) is 6.09. The van der Waals surface area contributed by atoms with Crippen molar-refractivity contribution >= 4 is 68.8 Å². The summed E-state index contributed by atoms with van der Waals surface area (Å²) in [5.41, 5.74) is 7.05. The van der Waals surface area contributed by atoms with Crippen LogP contribution in [0.4, 0.5) is 0 Å². The number of aliphatic carboxylic acids is 1. The lowest BCUT2D eigenvalue weighted by molar-refractivity contribution is -0.140. The first kappa shape index (κ1) is 28.2. The Bertz CT molecular complexity index is 1870. The summed E-state index contributed by atoms with van der Waals surface area (Å²) < 4.78 is 7.76. The fourth-order valence-corrected chi connectivity index (χ4v) is 6.34. The number of rotatable bonds is 8. The van der Waals surface area contributed by atoms with Gasteiger partial charge in [0.05, 0.1) is 17.5 Å². The number of nitrogens with zero attached hydrogens (tertiary/aromatic N) is 2. The average molecular weight is 603 g/mol. The molecule has 1 aromatic heterocycles. The third kappa shape index (κ3) is 5.88. The number of benzene rings is 4. The molecule has 212 valence electrons. The molecule has 1 N–H and O–H groups in total. The molecule has 1 aliphatic rings. The number of carboxylic acid groups (broad SMARTS) is 1. The minimum Gasteiger partial charge on any atom is -0.497 e. The van der Waals surface area contributed by atoms with E-state index in [9.17, 15) is 14.7 Å². The zero-order chi connectivity index (χ0) is 29.9. The van der Waals surface area contributed by atoms with Crippen molar-refractivity contribution in [2.24, 2.45) is 0 Å². The van der Waals surface area contributed by atoms with Gasteiger partial charge in [-0.1, -0.05) is 90.7 Å². The number of methoxy groups -OCH3 is 1. The standard InChI is InChI=1S/C35H26N2O4S2/c1-41-28-15-13-27(14-16-28)36-21-26(20-29(24-8-4-2-5-9-24)25-10-6-3-7-11-25)30-18-23(12-17-31(30)36)19-32-34(40)37(22-33(38)39)35(42)43-32/h2-21H,22H2,1H3,(H,38,39)/b32-19-. The minimum absolute atomic E-state index is 0.240. The van der Waals surface area contributed by atoms with Gasteiger partial charge in [-0.25, -0.2) is 0 Å². The van der Waals surface area contributed by atoms with Gasteiger partial charge in [0, 0.05) is 22.8 Å². The fourth-order valence-electron chi connectivity index (χ4n) is 5.08. The van der Waals surface area contributed by atoms with E-state index in [1.165, 1.54) is 0 Å². The van der Waals surface area contributed by atoms with Crippen LogP contribution < -0.4 is 4.74 Å². The van der Waals surface area contributed by atoms with Gasteiger partial charge in [0.2, 0.25) is 0 Å². The monoisotopic (exact) mass is 602 g/mol. The molecule has 1 saturated heterocycles. The summed E-state index contributed by atoms with van der Waals surface area (Å²) in [5.74, 6) is -0.731. The SMILES string of the molecule is COc1ccc(-n2cc(C=C(c3ccccc3)c3ccccc3)c3cc(/C=C4\SC(=S)N(CC(=O)O)C4=O)ccc32)cc1. The Morgan fingerprint density at radius 2 is 1.58 bits per heavy atom. The van der Waals surface area contributed by atoms with Gasteiger partial charge in [-0.05, 0) is 70.8 Å². The van der Waals surface area contributed by atoms with Crippen molar-refractivity contribution < 1.29 is 19.4 Å². The van der Waals surface area contributed by atoms with Gasteiger partial charge in [0.25, 0.3) is 5.91 Å². The molecule has 0 unspecified atom stereocenters. The molecule has 8 heteroatoms. The van der Waals surface area contributed by atoms with Crippen molar-refractivity contribution in [3.05, 3.63) is 136 Å². The molecule has 1 amide bonds. The molecule has 0 spiro atoms. The lowest BCUT2D eigenvalue weighted by Gasteiger charge is -2.10. The van der Waals surface area contributed by atoms with Crippen LogP contribution in [0.2, 0.25) is 0 Å². The van der Waals surface area contributed by atoms with Gasteiger partial charge in [0.15, 0.2) is 0 Å². The first-order valence-electron chi connectivity index (χ1n) is 13.5. The second kappa shape index (κ2) is 12.1. The highest BCUT2D eigenvalue weighted by Crippen LogP contribution is 2.35. The van der Waals surface area contributed by atoms with Crippen LogP contribution >= 0.6 is 24.0 Å². The number of hydrogen-bond acceptors (Lipinski definition) is 5. The zero-order valence-corrected chi connectivity index (χ0v) is 24.8. The van der Waals surface area contributed by atoms with E-state index in [2.05, 4.69) is 47.2 Å². The Balaban J connectivity index is 1.52. The molecule has 5 aromatic rings. The van der Waals surface area contributed by atoms with Gasteiger partial charge < -0.3 is 14.4 Å². The third-order valence-corrected chi connectivity index (χ3v) is 8.52. The van der Waals surface area contributed by atoms with Crippen molar-refractivity contribution in [3.63, 3.8) is 0 Å². The summed E-state index contributed by atoms with van der Waals surface area (Å²) in [5, 5.41) is 10.2. The third-order valence-electron chi connectivity index (χ3n) is 7.14. The van der Waals surface area contributed by atoms with Crippen LogP contribution in [0.15, 0.2) is 114 Å². The van der Waals surface area contributed by atoms with Crippen LogP contribution in [0, 0.1) is 0 Å². The number of carboxylic acids is 1. The molecular weight excluding hydrogens is 577 g/mol. The molecule has 0 radical (unpaired) electrons. The number of carbonyl (C=O) groups is 2. The van der Waals surface area contributed by atoms with E-state index in [-0.39, 0.29) is 4.32 Å². The topological polar surface area (TPSA) is 71.8 Å². The molecule has 2 heterocycles. The number of hydrogen-bond donors (Lipinski definition) is 1. The molecule has 0 atom stereocenters. The maximum atomic E-state index is 12.9. The Labute approximate surface area is 258 Å². The number of thioether (sulfide) groups is 1. The molecule has 0 aliphatic carbocycles. The van der Waals surface area contributed by atoms with Crippen molar-refractivity contribution in [2.45, 2.75) is 0 Å². The second-order valence-corrected chi connectivity index (χ2v) is 11.6. The predicted octanol–water partition coefficient (Wildman–Crippen LogP) is 7.51. The summed E-state index contributed by atoms with van der Waals surface area (Å²) in [6.45, 7) is -0.456.